The van der Waals surface area contributed by atoms with Crippen molar-refractivity contribution in [2.24, 2.45) is 0 Å². The van der Waals surface area contributed by atoms with Gasteiger partial charge in [0.15, 0.2) is 0 Å². The van der Waals surface area contributed by atoms with Crippen LogP contribution in [0.15, 0.2) is 50.4 Å². The van der Waals surface area contributed by atoms with Crippen LogP contribution in [0, 0.1) is 13.8 Å². The van der Waals surface area contributed by atoms with Gasteiger partial charge in [0.1, 0.15) is 11.1 Å². The largest absolute Gasteiger partial charge is 0.439 e. The van der Waals surface area contributed by atoms with Crippen LogP contribution in [0.5, 0.6) is 0 Å². The molecule has 0 aliphatic heterocycles. The van der Waals surface area contributed by atoms with Crippen molar-refractivity contribution in [3.05, 3.63) is 73.9 Å². The fourth-order valence-corrected chi connectivity index (χ4v) is 2.87. The number of H-pyrrole nitrogens is 1. The number of nitrogens with zero attached hydrogens (tertiary/aromatic N) is 2. The van der Waals surface area contributed by atoms with Gasteiger partial charge in [-0.05, 0) is 38.1 Å². The summed E-state index contributed by atoms with van der Waals surface area (Å²) >= 11 is 0. The lowest BCUT2D eigenvalue weighted by atomic mass is 10.1. The number of benzene rings is 1. The van der Waals surface area contributed by atoms with Crippen molar-refractivity contribution in [2.45, 2.75) is 13.8 Å². The molecule has 4 aromatic rings. The standard InChI is InChI=1S/C18H13N3O4/c1-9-7-10(2)21(20-9)18(24)13-8-12-15(22)11-5-3-4-6-14(11)25-17(12)19-16(13)23/h3-8H,1-2H3,(H,19,23). The maximum absolute atomic E-state index is 12.7. The fourth-order valence-electron chi connectivity index (χ4n) is 2.87. The van der Waals surface area contributed by atoms with Crippen molar-refractivity contribution in [3.63, 3.8) is 0 Å². The number of carbonyl (C=O) groups is 1. The molecule has 0 bridgehead atoms. The minimum absolute atomic E-state index is 0.0404. The number of aromatic amines is 1. The Bertz CT molecular complexity index is 1280. The normalized spacial score (nSPS) is 11.3. The molecule has 124 valence electrons. The van der Waals surface area contributed by atoms with E-state index in [-0.39, 0.29) is 22.1 Å². The van der Waals surface area contributed by atoms with Gasteiger partial charge in [0.2, 0.25) is 11.1 Å². The summed E-state index contributed by atoms with van der Waals surface area (Å²) in [4.78, 5) is 40.2. The molecule has 1 aromatic carbocycles. The van der Waals surface area contributed by atoms with Gasteiger partial charge in [-0.2, -0.15) is 5.10 Å². The summed E-state index contributed by atoms with van der Waals surface area (Å²) in [6.45, 7) is 3.47. The summed E-state index contributed by atoms with van der Waals surface area (Å²) in [6.07, 6.45) is 0. The maximum atomic E-state index is 12.7. The highest BCUT2D eigenvalue weighted by atomic mass is 16.3. The van der Waals surface area contributed by atoms with Crippen LogP contribution in [0.2, 0.25) is 0 Å². The third-order valence-corrected chi connectivity index (χ3v) is 4.03. The first kappa shape index (κ1) is 15.1. The molecule has 0 radical (unpaired) electrons. The SMILES string of the molecule is Cc1cc(C)n(C(=O)c2cc3c(=O)c4ccccc4oc3[nH]c2=O)n1. The Kier molecular flexibility index (Phi) is 3.18. The lowest BCUT2D eigenvalue weighted by Crippen LogP contribution is -2.25. The summed E-state index contributed by atoms with van der Waals surface area (Å²) < 4.78 is 6.73. The summed E-state index contributed by atoms with van der Waals surface area (Å²) in [5.74, 6) is -0.596. The van der Waals surface area contributed by atoms with E-state index in [0.29, 0.717) is 22.4 Å². The van der Waals surface area contributed by atoms with Gasteiger partial charge < -0.3 is 4.42 Å². The predicted octanol–water partition coefficient (Wildman–Crippen LogP) is 2.14. The second-order valence-electron chi connectivity index (χ2n) is 5.83. The quantitative estimate of drug-likeness (QED) is 0.537. The van der Waals surface area contributed by atoms with E-state index < -0.39 is 11.5 Å². The molecule has 0 aliphatic rings. The third kappa shape index (κ3) is 2.28. The molecule has 1 N–H and O–H groups in total. The number of rotatable bonds is 1. The van der Waals surface area contributed by atoms with Gasteiger partial charge in [-0.1, -0.05) is 12.1 Å². The van der Waals surface area contributed by atoms with Gasteiger partial charge >= 0.3 is 0 Å². The summed E-state index contributed by atoms with van der Waals surface area (Å²) in [5.41, 5.74) is 0.563. The monoisotopic (exact) mass is 335 g/mol. The fraction of sp³-hybridized carbons (Fsp3) is 0.111. The van der Waals surface area contributed by atoms with Gasteiger partial charge in [0, 0.05) is 5.69 Å². The van der Waals surface area contributed by atoms with Crippen molar-refractivity contribution >= 4 is 28.0 Å². The molecular formula is C18H13N3O4. The van der Waals surface area contributed by atoms with Crippen LogP contribution in [0.3, 0.4) is 0 Å². The minimum Gasteiger partial charge on any atom is -0.439 e. The molecule has 0 saturated heterocycles. The number of nitrogens with one attached hydrogen (secondary N) is 1. The molecule has 7 nitrogen and oxygen atoms in total. The number of carbonyl (C=O) groups excluding carboxylic acids is 1. The van der Waals surface area contributed by atoms with E-state index in [2.05, 4.69) is 10.1 Å². The van der Waals surface area contributed by atoms with E-state index in [9.17, 15) is 14.4 Å². The lowest BCUT2D eigenvalue weighted by molar-refractivity contribution is 0.0941. The van der Waals surface area contributed by atoms with Crippen LogP contribution in [-0.2, 0) is 0 Å². The molecule has 0 unspecified atom stereocenters. The number of hydrogen-bond acceptors (Lipinski definition) is 5. The van der Waals surface area contributed by atoms with Crippen LogP contribution < -0.4 is 11.0 Å². The molecule has 0 fully saturated rings. The molecular weight excluding hydrogens is 322 g/mol. The third-order valence-electron chi connectivity index (χ3n) is 4.03. The Morgan fingerprint density at radius 2 is 1.88 bits per heavy atom. The molecule has 0 atom stereocenters. The first-order valence-corrected chi connectivity index (χ1v) is 7.62. The molecule has 0 aliphatic carbocycles. The number of pyridine rings is 1. The summed E-state index contributed by atoms with van der Waals surface area (Å²) in [5, 5.41) is 4.62. The van der Waals surface area contributed by atoms with E-state index in [1.54, 1.807) is 44.2 Å². The van der Waals surface area contributed by atoms with E-state index in [1.165, 1.54) is 6.07 Å². The first-order valence-electron chi connectivity index (χ1n) is 7.62. The Balaban J connectivity index is 2.01. The van der Waals surface area contributed by atoms with E-state index in [0.717, 1.165) is 4.68 Å². The zero-order valence-corrected chi connectivity index (χ0v) is 13.5. The molecule has 0 spiro atoms. The van der Waals surface area contributed by atoms with Crippen LogP contribution in [-0.4, -0.2) is 20.7 Å². The van der Waals surface area contributed by atoms with Gasteiger partial charge in [0.25, 0.3) is 11.5 Å². The number of aromatic nitrogens is 3. The second-order valence-corrected chi connectivity index (χ2v) is 5.83. The van der Waals surface area contributed by atoms with Crippen molar-refractivity contribution in [3.8, 4) is 0 Å². The molecule has 25 heavy (non-hydrogen) atoms. The minimum atomic E-state index is -0.636. The number of fused-ring (bicyclic) bond motifs is 2. The Morgan fingerprint density at radius 1 is 1.12 bits per heavy atom. The number of para-hydroxylation sites is 1. The summed E-state index contributed by atoms with van der Waals surface area (Å²) in [7, 11) is 0. The van der Waals surface area contributed by atoms with Crippen LogP contribution in [0.25, 0.3) is 22.1 Å². The van der Waals surface area contributed by atoms with E-state index >= 15 is 0 Å². The van der Waals surface area contributed by atoms with Crippen molar-refractivity contribution < 1.29 is 9.21 Å². The van der Waals surface area contributed by atoms with Crippen LogP contribution in [0.4, 0.5) is 0 Å². The molecule has 3 heterocycles. The molecule has 3 aromatic heterocycles. The van der Waals surface area contributed by atoms with Crippen molar-refractivity contribution in [1.29, 1.82) is 0 Å². The van der Waals surface area contributed by atoms with Gasteiger partial charge in [-0.15, -0.1) is 0 Å². The first-order chi connectivity index (χ1) is 12.0. The second kappa shape index (κ2) is 5.27. The predicted molar refractivity (Wildman–Crippen MR) is 92.0 cm³/mol. The number of hydrogen-bond donors (Lipinski definition) is 1. The lowest BCUT2D eigenvalue weighted by Gasteiger charge is -2.05. The van der Waals surface area contributed by atoms with Crippen molar-refractivity contribution in [1.82, 2.24) is 14.8 Å². The van der Waals surface area contributed by atoms with E-state index in [4.69, 9.17) is 4.42 Å². The Morgan fingerprint density at radius 3 is 2.60 bits per heavy atom. The van der Waals surface area contributed by atoms with Crippen LogP contribution in [0.1, 0.15) is 21.7 Å². The highest BCUT2D eigenvalue weighted by Gasteiger charge is 2.19. The molecule has 0 saturated carbocycles. The highest BCUT2D eigenvalue weighted by Crippen LogP contribution is 2.16. The maximum Gasteiger partial charge on any atom is 0.284 e. The van der Waals surface area contributed by atoms with Crippen molar-refractivity contribution in [2.75, 3.05) is 0 Å². The zero-order chi connectivity index (χ0) is 17.7. The van der Waals surface area contributed by atoms with Gasteiger partial charge in [-0.3, -0.25) is 19.4 Å². The average molecular weight is 335 g/mol. The molecule has 7 heteroatoms. The average Bonchev–Trinajstić information content (AvgIpc) is 2.92. The zero-order valence-electron chi connectivity index (χ0n) is 13.5. The van der Waals surface area contributed by atoms with E-state index in [1.807, 2.05) is 0 Å². The van der Waals surface area contributed by atoms with Crippen LogP contribution >= 0.6 is 0 Å². The Labute approximate surface area is 140 Å². The number of aryl methyl sites for hydroxylation is 2. The van der Waals surface area contributed by atoms with Gasteiger partial charge in [0.05, 0.1) is 16.5 Å². The Hall–Kier alpha value is -3.48. The smallest absolute Gasteiger partial charge is 0.284 e. The van der Waals surface area contributed by atoms with Gasteiger partial charge in [-0.25, -0.2) is 4.68 Å². The molecule has 0 amide bonds. The highest BCUT2D eigenvalue weighted by molar-refractivity contribution is 5.99. The topological polar surface area (TPSA) is 98.0 Å². The summed E-state index contributed by atoms with van der Waals surface area (Å²) in [6, 6.07) is 9.73. The molecule has 4 rings (SSSR count).